The Morgan fingerprint density at radius 1 is 1.20 bits per heavy atom. The smallest absolute Gasteiger partial charge is 0.269 e. The van der Waals surface area contributed by atoms with Gasteiger partial charge in [-0.2, -0.15) is 5.10 Å². The topological polar surface area (TPSA) is 106 Å². The minimum absolute atomic E-state index is 0.00391. The number of carbonyl (C=O) groups excluding carboxylic acids is 1. The number of hydrogen-bond acceptors (Lipinski definition) is 7. The number of benzene rings is 2. The molecule has 8 nitrogen and oxygen atoms in total. The Kier molecular flexibility index (Phi) is 5.05. The number of non-ortho nitro benzene ring substituents is 1. The van der Waals surface area contributed by atoms with Crippen LogP contribution in [0.2, 0.25) is 0 Å². The monoisotopic (exact) mass is 356 g/mol. The maximum Gasteiger partial charge on any atom is 0.269 e. The Morgan fingerprint density at radius 2 is 2.00 bits per heavy atom. The first-order valence-electron chi connectivity index (χ1n) is 7.16. The highest BCUT2D eigenvalue weighted by atomic mass is 32.2. The predicted octanol–water partition coefficient (Wildman–Crippen LogP) is 2.94. The van der Waals surface area contributed by atoms with Gasteiger partial charge in [-0.15, -0.1) is 5.10 Å². The van der Waals surface area contributed by atoms with Gasteiger partial charge in [0.05, 0.1) is 16.9 Å². The van der Waals surface area contributed by atoms with Crippen LogP contribution in [0.15, 0.2) is 58.7 Å². The number of amides is 1. The van der Waals surface area contributed by atoms with Crippen molar-refractivity contribution in [3.63, 3.8) is 0 Å². The molecule has 9 heteroatoms. The lowest BCUT2D eigenvalue weighted by molar-refractivity contribution is -0.384. The van der Waals surface area contributed by atoms with Gasteiger partial charge < -0.3 is 10.1 Å². The Labute approximate surface area is 146 Å². The van der Waals surface area contributed by atoms with Crippen LogP contribution < -0.4 is 10.1 Å². The van der Waals surface area contributed by atoms with Crippen molar-refractivity contribution in [2.24, 2.45) is 10.2 Å². The van der Waals surface area contributed by atoms with Crippen molar-refractivity contribution in [2.75, 3.05) is 5.75 Å². The van der Waals surface area contributed by atoms with Crippen LogP contribution in [-0.4, -0.2) is 28.0 Å². The maximum absolute atomic E-state index is 11.0. The number of nitro benzene ring substituents is 1. The van der Waals surface area contributed by atoms with Crippen molar-refractivity contribution in [2.45, 2.75) is 0 Å². The van der Waals surface area contributed by atoms with E-state index in [2.05, 4.69) is 15.5 Å². The highest BCUT2D eigenvalue weighted by Crippen LogP contribution is 2.24. The van der Waals surface area contributed by atoms with Crippen molar-refractivity contribution < 1.29 is 14.5 Å². The van der Waals surface area contributed by atoms with Gasteiger partial charge in [0.1, 0.15) is 11.5 Å². The molecule has 3 rings (SSSR count). The van der Waals surface area contributed by atoms with Crippen molar-refractivity contribution in [3.8, 4) is 11.5 Å². The number of carbonyl (C=O) groups is 1. The van der Waals surface area contributed by atoms with Crippen molar-refractivity contribution in [1.82, 2.24) is 5.32 Å². The fourth-order valence-corrected chi connectivity index (χ4v) is 2.59. The molecule has 1 aliphatic heterocycles. The van der Waals surface area contributed by atoms with E-state index >= 15 is 0 Å². The van der Waals surface area contributed by atoms with Gasteiger partial charge in [0.15, 0.2) is 5.17 Å². The van der Waals surface area contributed by atoms with Crippen molar-refractivity contribution >= 4 is 34.7 Å². The zero-order valence-corrected chi connectivity index (χ0v) is 13.6. The number of nitrogens with one attached hydrogen (secondary N) is 1. The van der Waals surface area contributed by atoms with Crippen LogP contribution >= 0.6 is 11.8 Å². The molecular weight excluding hydrogens is 344 g/mol. The molecule has 1 saturated heterocycles. The summed E-state index contributed by atoms with van der Waals surface area (Å²) in [6.45, 7) is 0. The molecule has 1 amide bonds. The Balaban J connectivity index is 1.66. The van der Waals surface area contributed by atoms with Gasteiger partial charge in [0.25, 0.3) is 5.69 Å². The predicted molar refractivity (Wildman–Crippen MR) is 95.2 cm³/mol. The number of amidine groups is 1. The summed E-state index contributed by atoms with van der Waals surface area (Å²) in [4.78, 5) is 21.2. The number of nitro groups is 1. The fourth-order valence-electron chi connectivity index (χ4n) is 1.96. The molecule has 0 saturated carbocycles. The van der Waals surface area contributed by atoms with E-state index in [1.54, 1.807) is 24.4 Å². The maximum atomic E-state index is 11.0. The molecule has 2 aromatic carbocycles. The number of rotatable bonds is 5. The van der Waals surface area contributed by atoms with Gasteiger partial charge in [0, 0.05) is 12.1 Å². The zero-order chi connectivity index (χ0) is 17.6. The summed E-state index contributed by atoms with van der Waals surface area (Å²) < 4.78 is 5.67. The average Bonchev–Trinajstić information content (AvgIpc) is 3.01. The van der Waals surface area contributed by atoms with Gasteiger partial charge in [-0.25, -0.2) is 0 Å². The summed E-state index contributed by atoms with van der Waals surface area (Å²) in [7, 11) is 0. The minimum Gasteiger partial charge on any atom is -0.457 e. The second-order valence-electron chi connectivity index (χ2n) is 4.91. The molecule has 0 bridgehead atoms. The standard InChI is InChI=1S/C16H12N4O4S/c21-15-10-25-16(18-15)19-17-9-11-2-1-3-14(8-11)24-13-6-4-12(5-7-13)20(22)23/h1-9H,10H2,(H,18,19,21). The van der Waals surface area contributed by atoms with Crippen LogP contribution in [0, 0.1) is 10.1 Å². The summed E-state index contributed by atoms with van der Waals surface area (Å²) in [5.74, 6) is 1.32. The molecule has 0 unspecified atom stereocenters. The lowest BCUT2D eigenvalue weighted by atomic mass is 10.2. The molecule has 0 atom stereocenters. The second kappa shape index (κ2) is 7.58. The average molecular weight is 356 g/mol. The molecule has 1 heterocycles. The third-order valence-electron chi connectivity index (χ3n) is 3.08. The van der Waals surface area contributed by atoms with E-state index in [-0.39, 0.29) is 11.6 Å². The lowest BCUT2D eigenvalue weighted by Crippen LogP contribution is -2.19. The lowest BCUT2D eigenvalue weighted by Gasteiger charge is -2.05. The van der Waals surface area contributed by atoms with Crippen LogP contribution in [0.1, 0.15) is 5.56 Å². The van der Waals surface area contributed by atoms with E-state index < -0.39 is 4.92 Å². The summed E-state index contributed by atoms with van der Waals surface area (Å²) in [6, 6.07) is 13.0. The van der Waals surface area contributed by atoms with Crippen molar-refractivity contribution in [3.05, 3.63) is 64.2 Å². The molecule has 25 heavy (non-hydrogen) atoms. The summed E-state index contributed by atoms with van der Waals surface area (Å²) in [6.07, 6.45) is 1.54. The normalized spacial score (nSPS) is 15.5. The van der Waals surface area contributed by atoms with Crippen LogP contribution in [0.25, 0.3) is 0 Å². The molecule has 0 aromatic heterocycles. The Hall–Kier alpha value is -3.20. The first kappa shape index (κ1) is 16.7. The van der Waals surface area contributed by atoms with E-state index in [4.69, 9.17) is 4.74 Å². The largest absolute Gasteiger partial charge is 0.457 e. The highest BCUT2D eigenvalue weighted by molar-refractivity contribution is 8.15. The van der Waals surface area contributed by atoms with E-state index in [0.29, 0.717) is 22.4 Å². The van der Waals surface area contributed by atoms with Crippen LogP contribution in [0.3, 0.4) is 0 Å². The molecule has 0 spiro atoms. The molecule has 1 N–H and O–H groups in total. The molecule has 0 radical (unpaired) electrons. The SMILES string of the molecule is O=C1CSC(=NN=Cc2cccc(Oc3ccc([N+](=O)[O-])cc3)c2)N1. The van der Waals surface area contributed by atoms with Crippen LogP contribution in [0.4, 0.5) is 5.69 Å². The summed E-state index contributed by atoms with van der Waals surface area (Å²) >= 11 is 1.30. The molecule has 126 valence electrons. The first-order valence-corrected chi connectivity index (χ1v) is 8.15. The first-order chi connectivity index (χ1) is 12.1. The van der Waals surface area contributed by atoms with Gasteiger partial charge in [0.2, 0.25) is 5.91 Å². The van der Waals surface area contributed by atoms with Gasteiger partial charge >= 0.3 is 0 Å². The fraction of sp³-hybridized carbons (Fsp3) is 0.0625. The molecule has 0 aliphatic carbocycles. The Bertz CT molecular complexity index is 865. The van der Waals surface area contributed by atoms with Gasteiger partial charge in [-0.1, -0.05) is 23.9 Å². The van der Waals surface area contributed by atoms with Crippen molar-refractivity contribution in [1.29, 1.82) is 0 Å². The second-order valence-corrected chi connectivity index (χ2v) is 5.88. The number of thioether (sulfide) groups is 1. The zero-order valence-electron chi connectivity index (χ0n) is 12.8. The number of ether oxygens (including phenoxy) is 1. The summed E-state index contributed by atoms with van der Waals surface area (Å²) in [5.41, 5.74) is 0.766. The molecule has 1 fully saturated rings. The highest BCUT2D eigenvalue weighted by Gasteiger charge is 2.15. The number of nitrogens with zero attached hydrogens (tertiary/aromatic N) is 3. The Morgan fingerprint density at radius 3 is 2.68 bits per heavy atom. The number of hydrogen-bond donors (Lipinski definition) is 1. The third kappa shape index (κ3) is 4.64. The molecule has 2 aromatic rings. The van der Waals surface area contributed by atoms with Gasteiger partial charge in [-0.3, -0.25) is 14.9 Å². The summed E-state index contributed by atoms with van der Waals surface area (Å²) in [5, 5.41) is 21.6. The van der Waals surface area contributed by atoms with Crippen LogP contribution in [-0.2, 0) is 4.79 Å². The quantitative estimate of drug-likeness (QED) is 0.504. The van der Waals surface area contributed by atoms with E-state index in [1.807, 2.05) is 6.07 Å². The van der Waals surface area contributed by atoms with Crippen LogP contribution in [0.5, 0.6) is 11.5 Å². The molecular formula is C16H12N4O4S. The third-order valence-corrected chi connectivity index (χ3v) is 3.95. The van der Waals surface area contributed by atoms with E-state index in [1.165, 1.54) is 36.0 Å². The van der Waals surface area contributed by atoms with E-state index in [0.717, 1.165) is 5.56 Å². The minimum atomic E-state index is -0.465. The van der Waals surface area contributed by atoms with Gasteiger partial charge in [-0.05, 0) is 29.8 Å². The molecule has 1 aliphatic rings. The van der Waals surface area contributed by atoms with E-state index in [9.17, 15) is 14.9 Å².